The average molecular weight is 399 g/mol. The third kappa shape index (κ3) is 25.7. The van der Waals surface area contributed by atoms with Crippen LogP contribution in [0.4, 0.5) is 4.39 Å². The number of halogens is 1. The fraction of sp³-hybridized carbons (Fsp3) is 1.00. The van der Waals surface area contributed by atoms with Crippen LogP contribution in [0, 0.1) is 0 Å². The number of ether oxygens (including phenoxy) is 7. The van der Waals surface area contributed by atoms with Crippen molar-refractivity contribution in [1.82, 2.24) is 0 Å². The van der Waals surface area contributed by atoms with E-state index in [9.17, 15) is 4.39 Å². The summed E-state index contributed by atoms with van der Waals surface area (Å²) in [5, 5.41) is 0. The lowest BCUT2D eigenvalue weighted by molar-refractivity contribution is -0.0208. The van der Waals surface area contributed by atoms with Gasteiger partial charge in [-0.15, -0.1) is 0 Å². The molecule has 0 radical (unpaired) electrons. The monoisotopic (exact) mass is 398 g/mol. The lowest BCUT2D eigenvalue weighted by Gasteiger charge is -2.08. The van der Waals surface area contributed by atoms with Crippen LogP contribution in [0.1, 0.15) is 26.2 Å². The summed E-state index contributed by atoms with van der Waals surface area (Å²) >= 11 is 0. The second-order valence-electron chi connectivity index (χ2n) is 5.68. The van der Waals surface area contributed by atoms with Crippen LogP contribution >= 0.6 is 0 Å². The van der Waals surface area contributed by atoms with E-state index < -0.39 is 6.67 Å². The van der Waals surface area contributed by atoms with Gasteiger partial charge >= 0.3 is 0 Å². The molecule has 8 heteroatoms. The Morgan fingerprint density at radius 3 is 1.00 bits per heavy atom. The molecule has 0 aliphatic rings. The van der Waals surface area contributed by atoms with Crippen LogP contribution < -0.4 is 0 Å². The van der Waals surface area contributed by atoms with E-state index >= 15 is 0 Å². The Morgan fingerprint density at radius 2 is 0.704 bits per heavy atom. The number of rotatable bonds is 24. The summed E-state index contributed by atoms with van der Waals surface area (Å²) in [6.07, 6.45) is 3.55. The van der Waals surface area contributed by atoms with Crippen molar-refractivity contribution in [2.45, 2.75) is 26.2 Å². The molecule has 27 heavy (non-hydrogen) atoms. The first-order valence-corrected chi connectivity index (χ1v) is 10.0. The summed E-state index contributed by atoms with van der Waals surface area (Å²) in [6.45, 7) is 9.01. The first-order chi connectivity index (χ1) is 13.4. The van der Waals surface area contributed by atoms with Crippen LogP contribution in [-0.4, -0.2) is 99.2 Å². The topological polar surface area (TPSA) is 64.6 Å². The van der Waals surface area contributed by atoms with Crippen LogP contribution in [0.25, 0.3) is 0 Å². The van der Waals surface area contributed by atoms with Crippen LogP contribution in [-0.2, 0) is 33.2 Å². The summed E-state index contributed by atoms with van der Waals surface area (Å²) in [5.74, 6) is 0. The molecule has 0 spiro atoms. The van der Waals surface area contributed by atoms with Gasteiger partial charge in [0.25, 0.3) is 0 Å². The zero-order chi connectivity index (χ0) is 19.7. The quantitative estimate of drug-likeness (QED) is 0.231. The van der Waals surface area contributed by atoms with Gasteiger partial charge in [0, 0.05) is 6.61 Å². The van der Waals surface area contributed by atoms with E-state index in [1.807, 2.05) is 0 Å². The van der Waals surface area contributed by atoms with E-state index in [2.05, 4.69) is 6.92 Å². The van der Waals surface area contributed by atoms with Gasteiger partial charge in [-0.3, -0.25) is 0 Å². The smallest absolute Gasteiger partial charge is 0.113 e. The zero-order valence-electron chi connectivity index (χ0n) is 17.0. The molecule has 164 valence electrons. The molecule has 0 N–H and O–H groups in total. The van der Waals surface area contributed by atoms with Crippen molar-refractivity contribution in [1.29, 1.82) is 0 Å². The molecule has 0 amide bonds. The molecule has 0 unspecified atom stereocenters. The fourth-order valence-electron chi connectivity index (χ4n) is 1.93. The molecule has 0 aliphatic heterocycles. The molecule has 7 nitrogen and oxygen atoms in total. The largest absolute Gasteiger partial charge is 0.379 e. The minimum absolute atomic E-state index is 0.127. The predicted molar refractivity (Wildman–Crippen MR) is 101 cm³/mol. The number of unbranched alkanes of at least 4 members (excludes halogenated alkanes) is 2. The van der Waals surface area contributed by atoms with E-state index in [1.54, 1.807) is 0 Å². The Labute approximate surface area is 163 Å². The molecule has 0 aromatic carbocycles. The van der Waals surface area contributed by atoms with Gasteiger partial charge in [0.15, 0.2) is 0 Å². The van der Waals surface area contributed by atoms with Gasteiger partial charge in [-0.2, -0.15) is 0 Å². The summed E-state index contributed by atoms with van der Waals surface area (Å²) in [6, 6.07) is 0. The Hall–Kier alpha value is -0.350. The molecule has 0 fully saturated rings. The molecular weight excluding hydrogens is 359 g/mol. The molecule has 0 aromatic rings. The fourth-order valence-corrected chi connectivity index (χ4v) is 1.93. The molecule has 0 saturated carbocycles. The van der Waals surface area contributed by atoms with E-state index in [0.29, 0.717) is 79.3 Å². The Kier molecular flexibility index (Phi) is 25.3. The van der Waals surface area contributed by atoms with Crippen molar-refractivity contribution in [3.8, 4) is 0 Å². The van der Waals surface area contributed by atoms with Gasteiger partial charge < -0.3 is 33.2 Å². The maximum Gasteiger partial charge on any atom is 0.113 e. The average Bonchev–Trinajstić information content (AvgIpc) is 2.68. The molecule has 0 saturated heterocycles. The van der Waals surface area contributed by atoms with Crippen molar-refractivity contribution in [3.63, 3.8) is 0 Å². The van der Waals surface area contributed by atoms with Crippen LogP contribution in [0.5, 0.6) is 0 Å². The van der Waals surface area contributed by atoms with E-state index in [-0.39, 0.29) is 6.61 Å². The van der Waals surface area contributed by atoms with Gasteiger partial charge in [0.2, 0.25) is 0 Å². The second kappa shape index (κ2) is 25.6. The molecular formula is C19H39FO7. The minimum Gasteiger partial charge on any atom is -0.379 e. The van der Waals surface area contributed by atoms with Crippen molar-refractivity contribution in [2.24, 2.45) is 0 Å². The number of hydrogen-bond acceptors (Lipinski definition) is 7. The highest BCUT2D eigenvalue weighted by atomic mass is 19.1. The molecule has 0 atom stereocenters. The van der Waals surface area contributed by atoms with E-state index in [4.69, 9.17) is 33.2 Å². The normalized spacial score (nSPS) is 11.3. The van der Waals surface area contributed by atoms with Crippen molar-refractivity contribution in [3.05, 3.63) is 0 Å². The van der Waals surface area contributed by atoms with Crippen molar-refractivity contribution >= 4 is 0 Å². The summed E-state index contributed by atoms with van der Waals surface area (Å²) in [7, 11) is 0. The second-order valence-corrected chi connectivity index (χ2v) is 5.68. The van der Waals surface area contributed by atoms with Gasteiger partial charge in [-0.05, 0) is 6.42 Å². The van der Waals surface area contributed by atoms with Crippen molar-refractivity contribution in [2.75, 3.05) is 99.2 Å². The Bertz CT molecular complexity index is 236. The highest BCUT2D eigenvalue weighted by Gasteiger charge is 1.94. The summed E-state index contributed by atoms with van der Waals surface area (Å²) in [4.78, 5) is 0. The SMILES string of the molecule is CCCCCOCCOCCOCCOCCOCCOCCOCCF. The standard InChI is InChI=1S/C19H39FO7/c1-2-3-4-6-21-8-10-23-12-14-25-16-18-27-19-17-26-15-13-24-11-9-22-7-5-20/h2-19H2,1H3. The third-order valence-corrected chi connectivity index (χ3v) is 3.35. The van der Waals surface area contributed by atoms with E-state index in [0.717, 1.165) is 13.0 Å². The first kappa shape index (κ1) is 26.6. The highest BCUT2D eigenvalue weighted by Crippen LogP contribution is 1.93. The Balaban J connectivity index is 2.95. The van der Waals surface area contributed by atoms with Crippen molar-refractivity contribution < 1.29 is 37.5 Å². The van der Waals surface area contributed by atoms with Gasteiger partial charge in [-0.1, -0.05) is 19.8 Å². The summed E-state index contributed by atoms with van der Waals surface area (Å²) < 4.78 is 48.9. The Morgan fingerprint density at radius 1 is 0.407 bits per heavy atom. The van der Waals surface area contributed by atoms with E-state index in [1.165, 1.54) is 12.8 Å². The highest BCUT2D eigenvalue weighted by molar-refractivity contribution is 4.38. The predicted octanol–water partition coefficient (Wildman–Crippen LogP) is 2.26. The van der Waals surface area contributed by atoms with Gasteiger partial charge in [-0.25, -0.2) is 4.39 Å². The van der Waals surface area contributed by atoms with Crippen LogP contribution in [0.2, 0.25) is 0 Å². The number of alkyl halides is 1. The first-order valence-electron chi connectivity index (χ1n) is 10.0. The molecule has 0 heterocycles. The molecule has 0 aliphatic carbocycles. The van der Waals surface area contributed by atoms with Crippen LogP contribution in [0.15, 0.2) is 0 Å². The van der Waals surface area contributed by atoms with Gasteiger partial charge in [0.1, 0.15) is 6.67 Å². The maximum absolute atomic E-state index is 11.7. The lowest BCUT2D eigenvalue weighted by Crippen LogP contribution is -2.14. The molecule has 0 aromatic heterocycles. The molecule has 0 bridgehead atoms. The zero-order valence-corrected chi connectivity index (χ0v) is 17.0. The van der Waals surface area contributed by atoms with Gasteiger partial charge in [0.05, 0.1) is 85.9 Å². The molecule has 0 rings (SSSR count). The summed E-state index contributed by atoms with van der Waals surface area (Å²) in [5.41, 5.74) is 0. The number of hydrogen-bond donors (Lipinski definition) is 0. The van der Waals surface area contributed by atoms with Crippen LogP contribution in [0.3, 0.4) is 0 Å². The lowest BCUT2D eigenvalue weighted by atomic mass is 10.3. The third-order valence-electron chi connectivity index (χ3n) is 3.35. The maximum atomic E-state index is 11.7. The minimum atomic E-state index is -0.462.